The lowest BCUT2D eigenvalue weighted by atomic mass is 10.1. The molecule has 3 aromatic rings. The fourth-order valence-electron chi connectivity index (χ4n) is 3.32. The number of ether oxygens (including phenoxy) is 1. The van der Waals surface area contributed by atoms with Crippen LogP contribution in [0.1, 0.15) is 28.4 Å². The molecule has 2 heterocycles. The van der Waals surface area contributed by atoms with Gasteiger partial charge in [-0.3, -0.25) is 19.6 Å². The molecule has 4 rings (SSSR count). The van der Waals surface area contributed by atoms with E-state index in [4.69, 9.17) is 4.74 Å². The highest BCUT2D eigenvalue weighted by Gasteiger charge is 2.18. The molecule has 33 heavy (non-hydrogen) atoms. The van der Waals surface area contributed by atoms with Gasteiger partial charge < -0.3 is 25.8 Å². The number of guanidine groups is 1. The molecule has 9 nitrogen and oxygen atoms in total. The van der Waals surface area contributed by atoms with E-state index in [-0.39, 0.29) is 12.3 Å². The van der Waals surface area contributed by atoms with Crippen LogP contribution in [0.2, 0.25) is 0 Å². The van der Waals surface area contributed by atoms with E-state index in [0.717, 1.165) is 18.8 Å². The van der Waals surface area contributed by atoms with Gasteiger partial charge in [-0.25, -0.2) is 0 Å². The van der Waals surface area contributed by atoms with Crippen molar-refractivity contribution in [2.24, 2.45) is 4.99 Å². The number of pyridine rings is 1. The van der Waals surface area contributed by atoms with Crippen LogP contribution in [0.15, 0.2) is 78.0 Å². The van der Waals surface area contributed by atoms with E-state index in [1.807, 2.05) is 6.07 Å². The third-order valence-electron chi connectivity index (χ3n) is 4.85. The van der Waals surface area contributed by atoms with Gasteiger partial charge >= 0.3 is 5.97 Å². The summed E-state index contributed by atoms with van der Waals surface area (Å²) in [6.45, 7) is 1.50. The highest BCUT2D eigenvalue weighted by molar-refractivity contribution is 6.05. The van der Waals surface area contributed by atoms with E-state index in [0.29, 0.717) is 28.5 Å². The second-order valence-corrected chi connectivity index (χ2v) is 7.34. The van der Waals surface area contributed by atoms with Crippen molar-refractivity contribution in [3.05, 3.63) is 84.2 Å². The molecule has 0 aliphatic carbocycles. The molecule has 0 fully saturated rings. The van der Waals surface area contributed by atoms with Crippen LogP contribution >= 0.6 is 0 Å². The minimum absolute atomic E-state index is 0.220. The van der Waals surface area contributed by atoms with Gasteiger partial charge in [0.2, 0.25) is 0 Å². The summed E-state index contributed by atoms with van der Waals surface area (Å²) in [5, 5.41) is 18.4. The Morgan fingerprint density at radius 3 is 2.70 bits per heavy atom. The summed E-state index contributed by atoms with van der Waals surface area (Å²) in [7, 11) is 0. The summed E-state index contributed by atoms with van der Waals surface area (Å²) in [5.74, 6) is -0.155. The van der Waals surface area contributed by atoms with Gasteiger partial charge in [-0.2, -0.15) is 0 Å². The molecule has 1 aliphatic heterocycles. The van der Waals surface area contributed by atoms with Crippen LogP contribution in [0.25, 0.3) is 0 Å². The normalized spacial score (nSPS) is 13.4. The molecular weight excluding hydrogens is 422 g/mol. The number of rotatable bonds is 8. The van der Waals surface area contributed by atoms with Crippen molar-refractivity contribution in [1.82, 2.24) is 10.3 Å². The molecule has 0 saturated heterocycles. The smallest absolute Gasteiger partial charge is 0.307 e. The molecule has 1 unspecified atom stereocenters. The molecule has 1 amide bonds. The summed E-state index contributed by atoms with van der Waals surface area (Å²) >= 11 is 0. The van der Waals surface area contributed by atoms with Gasteiger partial charge in [-0.15, -0.1) is 0 Å². The second-order valence-electron chi connectivity index (χ2n) is 7.34. The van der Waals surface area contributed by atoms with E-state index in [2.05, 4.69) is 25.9 Å². The summed E-state index contributed by atoms with van der Waals surface area (Å²) < 4.78 is 5.93. The molecule has 0 radical (unpaired) electrons. The Hall–Kier alpha value is -4.40. The maximum Gasteiger partial charge on any atom is 0.307 e. The SMILES string of the molecule is O=C(O)CC(Oc1cccc(NC(=O)c2cccc(NC3=NCCN3)c2)c1)c1cccnc1. The van der Waals surface area contributed by atoms with Crippen molar-refractivity contribution < 1.29 is 19.4 Å². The lowest BCUT2D eigenvalue weighted by molar-refractivity contribution is -0.138. The number of nitrogens with zero attached hydrogens (tertiary/aromatic N) is 2. The van der Waals surface area contributed by atoms with E-state index in [9.17, 15) is 14.7 Å². The summed E-state index contributed by atoms with van der Waals surface area (Å²) in [6, 6.07) is 17.4. The van der Waals surface area contributed by atoms with Gasteiger partial charge in [-0.05, 0) is 36.4 Å². The van der Waals surface area contributed by atoms with Gasteiger partial charge in [0.25, 0.3) is 5.91 Å². The molecular formula is C24H23N5O4. The van der Waals surface area contributed by atoms with Crippen LogP contribution in [0.5, 0.6) is 5.75 Å². The topological polar surface area (TPSA) is 125 Å². The lowest BCUT2D eigenvalue weighted by Gasteiger charge is -2.18. The zero-order chi connectivity index (χ0) is 23.0. The number of carbonyl (C=O) groups is 2. The highest BCUT2D eigenvalue weighted by atomic mass is 16.5. The van der Waals surface area contributed by atoms with Gasteiger partial charge in [0, 0.05) is 47.5 Å². The molecule has 9 heteroatoms. The average Bonchev–Trinajstić information content (AvgIpc) is 3.32. The Balaban J connectivity index is 1.45. The number of aliphatic carboxylic acids is 1. The van der Waals surface area contributed by atoms with Crippen LogP contribution in [0.3, 0.4) is 0 Å². The van der Waals surface area contributed by atoms with Crippen LogP contribution < -0.4 is 20.7 Å². The largest absolute Gasteiger partial charge is 0.485 e. The monoisotopic (exact) mass is 445 g/mol. The van der Waals surface area contributed by atoms with Crippen LogP contribution in [-0.2, 0) is 4.79 Å². The zero-order valence-electron chi connectivity index (χ0n) is 17.7. The van der Waals surface area contributed by atoms with E-state index in [1.54, 1.807) is 67.0 Å². The predicted molar refractivity (Wildman–Crippen MR) is 125 cm³/mol. The zero-order valence-corrected chi connectivity index (χ0v) is 17.7. The molecule has 4 N–H and O–H groups in total. The van der Waals surface area contributed by atoms with Crippen molar-refractivity contribution in [1.29, 1.82) is 0 Å². The number of amides is 1. The molecule has 0 bridgehead atoms. The summed E-state index contributed by atoms with van der Waals surface area (Å²) in [4.78, 5) is 32.4. The van der Waals surface area contributed by atoms with Gasteiger partial charge in [-0.1, -0.05) is 18.2 Å². The van der Waals surface area contributed by atoms with E-state index >= 15 is 0 Å². The lowest BCUT2D eigenvalue weighted by Crippen LogP contribution is -2.26. The summed E-state index contributed by atoms with van der Waals surface area (Å²) in [6.07, 6.45) is 2.26. The Kier molecular flexibility index (Phi) is 6.79. The number of nitrogens with one attached hydrogen (secondary N) is 3. The molecule has 168 valence electrons. The molecule has 0 spiro atoms. The molecule has 0 saturated carbocycles. The number of hydrogen-bond acceptors (Lipinski definition) is 7. The Bertz CT molecular complexity index is 1170. The third-order valence-corrected chi connectivity index (χ3v) is 4.85. The minimum Gasteiger partial charge on any atom is -0.485 e. The molecule has 2 aromatic carbocycles. The first-order chi connectivity index (χ1) is 16.1. The fraction of sp³-hybridized carbons (Fsp3) is 0.167. The first-order valence-electron chi connectivity index (χ1n) is 10.4. The Morgan fingerprint density at radius 1 is 1.09 bits per heavy atom. The second kappa shape index (κ2) is 10.3. The summed E-state index contributed by atoms with van der Waals surface area (Å²) in [5.41, 5.74) is 2.41. The maximum absolute atomic E-state index is 12.8. The molecule has 1 atom stereocenters. The van der Waals surface area contributed by atoms with E-state index in [1.165, 1.54) is 0 Å². The molecule has 1 aliphatic rings. The quantitative estimate of drug-likeness (QED) is 0.419. The molecule has 1 aromatic heterocycles. The van der Waals surface area contributed by atoms with Gasteiger partial charge in [0.15, 0.2) is 5.96 Å². The number of carboxylic acid groups (broad SMARTS) is 1. The minimum atomic E-state index is -0.986. The number of benzene rings is 2. The number of anilines is 2. The third kappa shape index (κ3) is 6.07. The van der Waals surface area contributed by atoms with Crippen molar-refractivity contribution >= 4 is 29.2 Å². The van der Waals surface area contributed by atoms with Crippen molar-refractivity contribution in [2.45, 2.75) is 12.5 Å². The predicted octanol–water partition coefficient (Wildman–Crippen LogP) is 3.30. The number of aromatic nitrogens is 1. The number of aliphatic imine (C=N–C) groups is 1. The van der Waals surface area contributed by atoms with Crippen molar-refractivity contribution in [3.63, 3.8) is 0 Å². The highest BCUT2D eigenvalue weighted by Crippen LogP contribution is 2.27. The average molecular weight is 445 g/mol. The van der Waals surface area contributed by atoms with Crippen LogP contribution in [0.4, 0.5) is 11.4 Å². The maximum atomic E-state index is 12.8. The van der Waals surface area contributed by atoms with Gasteiger partial charge in [0.05, 0.1) is 13.0 Å². The number of carbonyl (C=O) groups excluding carboxylic acids is 1. The van der Waals surface area contributed by atoms with Crippen LogP contribution in [0, 0.1) is 0 Å². The Morgan fingerprint density at radius 2 is 1.94 bits per heavy atom. The van der Waals surface area contributed by atoms with Crippen molar-refractivity contribution in [3.8, 4) is 5.75 Å². The standard InChI is InChI=1S/C24H23N5O4/c30-22(31)14-21(17-5-3-9-25-15-17)33-20-8-2-7-19(13-20)28-23(32)16-4-1-6-18(12-16)29-24-26-10-11-27-24/h1-9,12-13,15,21H,10-11,14H2,(H,28,32)(H,30,31)(H2,26,27,29). The van der Waals surface area contributed by atoms with Crippen molar-refractivity contribution in [2.75, 3.05) is 23.7 Å². The first kappa shape index (κ1) is 21.8. The van der Waals surface area contributed by atoms with Crippen LogP contribution in [-0.4, -0.2) is 41.0 Å². The number of hydrogen-bond donors (Lipinski definition) is 4. The van der Waals surface area contributed by atoms with Gasteiger partial charge in [0.1, 0.15) is 11.9 Å². The van der Waals surface area contributed by atoms with E-state index < -0.39 is 12.1 Å². The fourth-order valence-corrected chi connectivity index (χ4v) is 3.32. The Labute approximate surface area is 190 Å². The first-order valence-corrected chi connectivity index (χ1v) is 10.4. The number of carboxylic acids is 1.